The lowest BCUT2D eigenvalue weighted by molar-refractivity contribution is -0.133. The standard InChI is InChI=1S/C20H26N4O3/c21-16-13-23(12-15(16)14-6-2-1-3-7-14)17(25)8-11-24-18(26)20(22-19(24)27)9-4-5-10-20/h1-3,6-7,15-16H,4-5,8-13,21H2,(H,22,27)/t15-,16+/m0/s1. The summed E-state index contributed by atoms with van der Waals surface area (Å²) >= 11 is 0. The first-order valence-corrected chi connectivity index (χ1v) is 9.73. The Labute approximate surface area is 158 Å². The molecule has 3 aliphatic rings. The molecule has 0 radical (unpaired) electrons. The number of carbonyl (C=O) groups is 3. The lowest BCUT2D eigenvalue weighted by atomic mass is 9.95. The summed E-state index contributed by atoms with van der Waals surface area (Å²) in [5.41, 5.74) is 6.68. The third-order valence-electron chi connectivity index (χ3n) is 6.20. The Morgan fingerprint density at radius 2 is 1.85 bits per heavy atom. The monoisotopic (exact) mass is 370 g/mol. The Balaban J connectivity index is 1.35. The predicted octanol–water partition coefficient (Wildman–Crippen LogP) is 1.19. The quantitative estimate of drug-likeness (QED) is 0.779. The Morgan fingerprint density at radius 1 is 1.15 bits per heavy atom. The molecule has 4 rings (SSSR count). The number of urea groups is 1. The molecule has 2 aliphatic heterocycles. The molecule has 3 N–H and O–H groups in total. The normalized spacial score (nSPS) is 26.9. The largest absolute Gasteiger partial charge is 0.340 e. The van der Waals surface area contributed by atoms with E-state index >= 15 is 0 Å². The number of nitrogens with one attached hydrogen (secondary N) is 1. The molecule has 0 unspecified atom stereocenters. The molecule has 2 heterocycles. The fraction of sp³-hybridized carbons (Fsp3) is 0.550. The van der Waals surface area contributed by atoms with Crippen LogP contribution in [0.3, 0.4) is 0 Å². The molecule has 1 spiro atoms. The van der Waals surface area contributed by atoms with Gasteiger partial charge in [-0.3, -0.25) is 14.5 Å². The van der Waals surface area contributed by atoms with E-state index in [0.29, 0.717) is 25.9 Å². The second-order valence-corrected chi connectivity index (χ2v) is 7.91. The van der Waals surface area contributed by atoms with Crippen molar-refractivity contribution < 1.29 is 14.4 Å². The molecule has 1 saturated carbocycles. The van der Waals surface area contributed by atoms with E-state index in [1.165, 1.54) is 4.90 Å². The van der Waals surface area contributed by atoms with Crippen LogP contribution >= 0.6 is 0 Å². The van der Waals surface area contributed by atoms with Gasteiger partial charge in [-0.05, 0) is 18.4 Å². The van der Waals surface area contributed by atoms with E-state index in [2.05, 4.69) is 5.32 Å². The van der Waals surface area contributed by atoms with Crippen molar-refractivity contribution >= 4 is 17.8 Å². The third-order valence-corrected chi connectivity index (χ3v) is 6.20. The summed E-state index contributed by atoms with van der Waals surface area (Å²) < 4.78 is 0. The minimum atomic E-state index is -0.714. The van der Waals surface area contributed by atoms with Crippen molar-refractivity contribution in [2.45, 2.75) is 49.6 Å². The van der Waals surface area contributed by atoms with E-state index < -0.39 is 5.54 Å². The Hall–Kier alpha value is -2.41. The molecular weight excluding hydrogens is 344 g/mol. The highest BCUT2D eigenvalue weighted by Gasteiger charge is 2.52. The van der Waals surface area contributed by atoms with E-state index in [1.807, 2.05) is 30.3 Å². The molecule has 1 aliphatic carbocycles. The Morgan fingerprint density at radius 3 is 2.56 bits per heavy atom. The highest BCUT2D eigenvalue weighted by Crippen LogP contribution is 2.35. The number of imide groups is 1. The molecule has 3 fully saturated rings. The van der Waals surface area contributed by atoms with Crippen LogP contribution in [0.15, 0.2) is 30.3 Å². The van der Waals surface area contributed by atoms with Gasteiger partial charge >= 0.3 is 6.03 Å². The van der Waals surface area contributed by atoms with E-state index in [0.717, 1.165) is 18.4 Å². The van der Waals surface area contributed by atoms with Gasteiger partial charge in [-0.15, -0.1) is 0 Å². The molecule has 144 valence electrons. The number of rotatable bonds is 4. The number of nitrogens with zero attached hydrogens (tertiary/aromatic N) is 2. The van der Waals surface area contributed by atoms with E-state index in [9.17, 15) is 14.4 Å². The number of hydrogen-bond donors (Lipinski definition) is 2. The zero-order valence-electron chi connectivity index (χ0n) is 15.4. The predicted molar refractivity (Wildman–Crippen MR) is 99.8 cm³/mol. The molecule has 27 heavy (non-hydrogen) atoms. The minimum absolute atomic E-state index is 0.0585. The second-order valence-electron chi connectivity index (χ2n) is 7.91. The van der Waals surface area contributed by atoms with Crippen LogP contribution in [0.4, 0.5) is 4.79 Å². The molecule has 0 bridgehead atoms. The van der Waals surface area contributed by atoms with Crippen LogP contribution in [0.5, 0.6) is 0 Å². The molecule has 0 aromatic heterocycles. The number of nitrogens with two attached hydrogens (primary N) is 1. The summed E-state index contributed by atoms with van der Waals surface area (Å²) in [7, 11) is 0. The maximum absolute atomic E-state index is 12.7. The van der Waals surface area contributed by atoms with Crippen LogP contribution in [-0.2, 0) is 9.59 Å². The van der Waals surface area contributed by atoms with Crippen LogP contribution in [-0.4, -0.2) is 58.9 Å². The van der Waals surface area contributed by atoms with Gasteiger partial charge in [0.2, 0.25) is 5.91 Å². The maximum Gasteiger partial charge on any atom is 0.325 e. The summed E-state index contributed by atoms with van der Waals surface area (Å²) in [5.74, 6) is -0.108. The number of amides is 4. The molecule has 4 amide bonds. The van der Waals surface area contributed by atoms with E-state index in [-0.39, 0.29) is 42.8 Å². The molecular formula is C20H26N4O3. The number of likely N-dealkylation sites (tertiary alicyclic amines) is 1. The van der Waals surface area contributed by atoms with Crippen LogP contribution in [0.25, 0.3) is 0 Å². The SMILES string of the molecule is N[C@@H]1CN(C(=O)CCN2C(=O)NC3(CCCC3)C2=O)C[C@H]1c1ccccc1. The van der Waals surface area contributed by atoms with Gasteiger partial charge in [0.1, 0.15) is 5.54 Å². The molecule has 2 atom stereocenters. The van der Waals surface area contributed by atoms with Crippen LogP contribution < -0.4 is 11.1 Å². The van der Waals surface area contributed by atoms with Crippen LogP contribution in [0.2, 0.25) is 0 Å². The fourth-order valence-electron chi connectivity index (χ4n) is 4.65. The zero-order chi connectivity index (χ0) is 19.0. The van der Waals surface area contributed by atoms with E-state index in [1.54, 1.807) is 4.90 Å². The van der Waals surface area contributed by atoms with Crippen LogP contribution in [0.1, 0.15) is 43.6 Å². The first-order chi connectivity index (χ1) is 13.0. The van der Waals surface area contributed by atoms with Gasteiger partial charge in [0.05, 0.1) is 0 Å². The van der Waals surface area contributed by atoms with Crippen molar-refractivity contribution in [2.75, 3.05) is 19.6 Å². The maximum atomic E-state index is 12.7. The van der Waals surface area contributed by atoms with Crippen molar-refractivity contribution in [1.82, 2.24) is 15.1 Å². The summed E-state index contributed by atoms with van der Waals surface area (Å²) in [6.07, 6.45) is 3.43. The van der Waals surface area contributed by atoms with Crippen LogP contribution in [0, 0.1) is 0 Å². The van der Waals surface area contributed by atoms with Gasteiger partial charge in [-0.2, -0.15) is 0 Å². The lowest BCUT2D eigenvalue weighted by Gasteiger charge is -2.21. The Bertz CT molecular complexity index is 745. The summed E-state index contributed by atoms with van der Waals surface area (Å²) in [6, 6.07) is 9.51. The van der Waals surface area contributed by atoms with Gasteiger partial charge in [0, 0.05) is 38.0 Å². The highest BCUT2D eigenvalue weighted by atomic mass is 16.2. The minimum Gasteiger partial charge on any atom is -0.340 e. The van der Waals surface area contributed by atoms with Crippen molar-refractivity contribution in [3.63, 3.8) is 0 Å². The first-order valence-electron chi connectivity index (χ1n) is 9.73. The summed E-state index contributed by atoms with van der Waals surface area (Å²) in [5, 5.41) is 2.85. The number of carbonyl (C=O) groups excluding carboxylic acids is 3. The number of hydrogen-bond acceptors (Lipinski definition) is 4. The summed E-state index contributed by atoms with van der Waals surface area (Å²) in [6.45, 7) is 1.21. The average Bonchev–Trinajstić information content (AvgIpc) is 3.35. The second kappa shape index (κ2) is 6.96. The molecule has 1 aromatic carbocycles. The molecule has 2 saturated heterocycles. The first kappa shape index (κ1) is 18.0. The van der Waals surface area contributed by atoms with Gasteiger partial charge in [-0.25, -0.2) is 4.79 Å². The highest BCUT2D eigenvalue weighted by molar-refractivity contribution is 6.07. The molecule has 7 heteroatoms. The van der Waals surface area contributed by atoms with Gasteiger partial charge in [-0.1, -0.05) is 43.2 Å². The zero-order valence-corrected chi connectivity index (χ0v) is 15.4. The van der Waals surface area contributed by atoms with Gasteiger partial charge < -0.3 is 16.0 Å². The fourth-order valence-corrected chi connectivity index (χ4v) is 4.65. The van der Waals surface area contributed by atoms with Crippen molar-refractivity contribution in [3.05, 3.63) is 35.9 Å². The van der Waals surface area contributed by atoms with E-state index in [4.69, 9.17) is 5.73 Å². The van der Waals surface area contributed by atoms with Crippen molar-refractivity contribution in [2.24, 2.45) is 5.73 Å². The third kappa shape index (κ3) is 3.20. The average molecular weight is 370 g/mol. The van der Waals surface area contributed by atoms with Crippen molar-refractivity contribution in [1.29, 1.82) is 0 Å². The molecule has 7 nitrogen and oxygen atoms in total. The topological polar surface area (TPSA) is 95.7 Å². The van der Waals surface area contributed by atoms with Gasteiger partial charge in [0.25, 0.3) is 5.91 Å². The Kier molecular flexibility index (Phi) is 4.63. The lowest BCUT2D eigenvalue weighted by Crippen LogP contribution is -2.44. The smallest absolute Gasteiger partial charge is 0.325 e. The molecule has 1 aromatic rings. The van der Waals surface area contributed by atoms with Gasteiger partial charge in [0.15, 0.2) is 0 Å². The summed E-state index contributed by atoms with van der Waals surface area (Å²) in [4.78, 5) is 40.5. The van der Waals surface area contributed by atoms with Crippen molar-refractivity contribution in [3.8, 4) is 0 Å². The number of benzene rings is 1.